The highest BCUT2D eigenvalue weighted by Gasteiger charge is 2.21. The molecule has 1 amide bonds. The standard InChI is InChI=1S/C23H28N2O/c1-19(2)21-10-12-22(13-11-21)23(26)25-17-15-24(16-18-25)14-6-9-20-7-4-3-5-8-20/h3-13,19H,14-18H2,1-2H3/b9-6+. The maximum absolute atomic E-state index is 12.7. The lowest BCUT2D eigenvalue weighted by Gasteiger charge is -2.34. The summed E-state index contributed by atoms with van der Waals surface area (Å²) in [4.78, 5) is 17.0. The second kappa shape index (κ2) is 8.81. The van der Waals surface area contributed by atoms with E-state index < -0.39 is 0 Å². The summed E-state index contributed by atoms with van der Waals surface area (Å²) in [5.41, 5.74) is 3.30. The van der Waals surface area contributed by atoms with Crippen molar-refractivity contribution in [3.63, 3.8) is 0 Å². The minimum absolute atomic E-state index is 0.153. The number of rotatable bonds is 5. The summed E-state index contributed by atoms with van der Waals surface area (Å²) in [7, 11) is 0. The van der Waals surface area contributed by atoms with Crippen molar-refractivity contribution in [1.29, 1.82) is 0 Å². The highest BCUT2D eigenvalue weighted by molar-refractivity contribution is 5.94. The highest BCUT2D eigenvalue weighted by Crippen LogP contribution is 2.16. The molecule has 0 unspecified atom stereocenters. The first-order valence-electron chi connectivity index (χ1n) is 9.46. The minimum Gasteiger partial charge on any atom is -0.336 e. The van der Waals surface area contributed by atoms with Crippen molar-refractivity contribution < 1.29 is 4.79 Å². The molecular formula is C23H28N2O. The normalized spacial score (nSPS) is 15.7. The summed E-state index contributed by atoms with van der Waals surface area (Å²) < 4.78 is 0. The van der Waals surface area contributed by atoms with E-state index in [1.165, 1.54) is 11.1 Å². The Labute approximate surface area is 156 Å². The third-order valence-corrected chi connectivity index (χ3v) is 4.96. The summed E-state index contributed by atoms with van der Waals surface area (Å²) in [5, 5.41) is 0. The van der Waals surface area contributed by atoms with Crippen molar-refractivity contribution in [2.45, 2.75) is 19.8 Å². The van der Waals surface area contributed by atoms with Crippen LogP contribution in [0.4, 0.5) is 0 Å². The average Bonchev–Trinajstić information content (AvgIpc) is 2.69. The second-order valence-electron chi connectivity index (χ2n) is 7.18. The topological polar surface area (TPSA) is 23.6 Å². The fourth-order valence-corrected chi connectivity index (χ4v) is 3.23. The average molecular weight is 348 g/mol. The van der Waals surface area contributed by atoms with E-state index in [-0.39, 0.29) is 5.91 Å². The van der Waals surface area contributed by atoms with Crippen LogP contribution in [0, 0.1) is 0 Å². The largest absolute Gasteiger partial charge is 0.336 e. The molecule has 1 heterocycles. The molecule has 0 atom stereocenters. The Bertz CT molecular complexity index is 727. The summed E-state index contributed by atoms with van der Waals surface area (Å²) in [5.74, 6) is 0.645. The Morgan fingerprint density at radius 3 is 2.23 bits per heavy atom. The van der Waals surface area contributed by atoms with Gasteiger partial charge in [-0.3, -0.25) is 9.69 Å². The predicted octanol–water partition coefficient (Wildman–Crippen LogP) is 4.28. The van der Waals surface area contributed by atoms with Gasteiger partial charge in [-0.15, -0.1) is 0 Å². The van der Waals surface area contributed by atoms with Gasteiger partial charge in [0.2, 0.25) is 0 Å². The highest BCUT2D eigenvalue weighted by atomic mass is 16.2. The van der Waals surface area contributed by atoms with E-state index >= 15 is 0 Å². The van der Waals surface area contributed by atoms with E-state index in [0.717, 1.165) is 38.3 Å². The second-order valence-corrected chi connectivity index (χ2v) is 7.18. The van der Waals surface area contributed by atoms with Crippen LogP contribution >= 0.6 is 0 Å². The van der Waals surface area contributed by atoms with Gasteiger partial charge in [0.1, 0.15) is 0 Å². The molecule has 1 fully saturated rings. The van der Waals surface area contributed by atoms with Crippen LogP contribution in [0.5, 0.6) is 0 Å². The van der Waals surface area contributed by atoms with Crippen LogP contribution in [-0.2, 0) is 0 Å². The fourth-order valence-electron chi connectivity index (χ4n) is 3.23. The van der Waals surface area contributed by atoms with Crippen molar-refractivity contribution in [3.8, 4) is 0 Å². The molecule has 0 saturated carbocycles. The first kappa shape index (κ1) is 18.4. The van der Waals surface area contributed by atoms with E-state index in [1.54, 1.807) is 0 Å². The summed E-state index contributed by atoms with van der Waals surface area (Å²) in [6, 6.07) is 18.4. The number of nitrogens with zero attached hydrogens (tertiary/aromatic N) is 2. The molecule has 136 valence electrons. The number of carbonyl (C=O) groups is 1. The van der Waals surface area contributed by atoms with Gasteiger partial charge >= 0.3 is 0 Å². The van der Waals surface area contributed by atoms with Gasteiger partial charge in [-0.1, -0.05) is 68.5 Å². The third-order valence-electron chi connectivity index (χ3n) is 4.96. The van der Waals surface area contributed by atoms with Crippen molar-refractivity contribution in [2.75, 3.05) is 32.7 Å². The maximum atomic E-state index is 12.7. The molecule has 0 radical (unpaired) electrons. The number of amides is 1. The molecule has 1 saturated heterocycles. The van der Waals surface area contributed by atoms with Gasteiger partial charge in [0.05, 0.1) is 0 Å². The van der Waals surface area contributed by atoms with Gasteiger partial charge in [-0.25, -0.2) is 0 Å². The first-order chi connectivity index (χ1) is 12.6. The smallest absolute Gasteiger partial charge is 0.253 e. The molecule has 0 bridgehead atoms. The number of piperazine rings is 1. The van der Waals surface area contributed by atoms with E-state index in [0.29, 0.717) is 5.92 Å². The van der Waals surface area contributed by atoms with Crippen molar-refractivity contribution >= 4 is 12.0 Å². The Hall–Kier alpha value is -2.39. The van der Waals surface area contributed by atoms with Crippen LogP contribution in [0.25, 0.3) is 6.08 Å². The van der Waals surface area contributed by atoms with Crippen molar-refractivity contribution in [3.05, 3.63) is 77.4 Å². The molecule has 0 N–H and O–H groups in total. The lowest BCUT2D eigenvalue weighted by atomic mass is 10.0. The molecule has 1 aliphatic rings. The van der Waals surface area contributed by atoms with Gasteiger partial charge in [0.25, 0.3) is 5.91 Å². The van der Waals surface area contributed by atoms with Crippen LogP contribution in [0.1, 0.15) is 41.3 Å². The third kappa shape index (κ3) is 4.83. The molecule has 2 aromatic rings. The number of benzene rings is 2. The first-order valence-corrected chi connectivity index (χ1v) is 9.46. The van der Waals surface area contributed by atoms with Crippen molar-refractivity contribution in [2.24, 2.45) is 0 Å². The zero-order valence-corrected chi connectivity index (χ0v) is 15.8. The number of carbonyl (C=O) groups excluding carboxylic acids is 1. The fraction of sp³-hybridized carbons (Fsp3) is 0.348. The molecule has 3 rings (SSSR count). The maximum Gasteiger partial charge on any atom is 0.253 e. The van der Waals surface area contributed by atoms with Gasteiger partial charge < -0.3 is 4.90 Å². The predicted molar refractivity (Wildman–Crippen MR) is 108 cm³/mol. The van der Waals surface area contributed by atoms with Gasteiger partial charge in [0, 0.05) is 38.3 Å². The van der Waals surface area contributed by atoms with Crippen LogP contribution in [0.15, 0.2) is 60.7 Å². The van der Waals surface area contributed by atoms with Crippen LogP contribution in [0.3, 0.4) is 0 Å². The molecule has 3 nitrogen and oxygen atoms in total. The Morgan fingerprint density at radius 1 is 0.962 bits per heavy atom. The van der Waals surface area contributed by atoms with Gasteiger partial charge in [-0.2, -0.15) is 0 Å². The molecule has 1 aliphatic heterocycles. The van der Waals surface area contributed by atoms with E-state index in [9.17, 15) is 4.79 Å². The molecular weight excluding hydrogens is 320 g/mol. The van der Waals surface area contributed by atoms with Gasteiger partial charge in [-0.05, 0) is 29.2 Å². The molecule has 0 aliphatic carbocycles. The Balaban J connectivity index is 1.48. The van der Waals surface area contributed by atoms with Crippen LogP contribution < -0.4 is 0 Å². The van der Waals surface area contributed by atoms with E-state index in [2.05, 4.69) is 67.3 Å². The number of hydrogen-bond acceptors (Lipinski definition) is 2. The zero-order chi connectivity index (χ0) is 18.4. The number of hydrogen-bond donors (Lipinski definition) is 0. The van der Waals surface area contributed by atoms with Crippen molar-refractivity contribution in [1.82, 2.24) is 9.80 Å². The molecule has 3 heteroatoms. The van der Waals surface area contributed by atoms with Crippen LogP contribution in [-0.4, -0.2) is 48.4 Å². The molecule has 26 heavy (non-hydrogen) atoms. The lowest BCUT2D eigenvalue weighted by molar-refractivity contribution is 0.0650. The molecule has 0 spiro atoms. The van der Waals surface area contributed by atoms with E-state index in [4.69, 9.17) is 0 Å². The summed E-state index contributed by atoms with van der Waals surface area (Å²) in [6.45, 7) is 8.71. The SMILES string of the molecule is CC(C)c1ccc(C(=O)N2CCN(C/C=C/c3ccccc3)CC2)cc1. The molecule has 0 aromatic heterocycles. The van der Waals surface area contributed by atoms with Gasteiger partial charge in [0.15, 0.2) is 0 Å². The molecule has 2 aromatic carbocycles. The zero-order valence-electron chi connectivity index (χ0n) is 15.8. The monoisotopic (exact) mass is 348 g/mol. The summed E-state index contributed by atoms with van der Waals surface area (Å²) in [6.07, 6.45) is 4.37. The minimum atomic E-state index is 0.153. The summed E-state index contributed by atoms with van der Waals surface area (Å²) >= 11 is 0. The lowest BCUT2D eigenvalue weighted by Crippen LogP contribution is -2.48. The van der Waals surface area contributed by atoms with E-state index in [1.807, 2.05) is 23.1 Å². The quantitative estimate of drug-likeness (QED) is 0.805. The van der Waals surface area contributed by atoms with Crippen LogP contribution in [0.2, 0.25) is 0 Å². The Kier molecular flexibility index (Phi) is 6.24. The Morgan fingerprint density at radius 2 is 1.62 bits per heavy atom.